The number of rotatable bonds is 8. The van der Waals surface area contributed by atoms with Gasteiger partial charge in [-0.15, -0.1) is 0 Å². The van der Waals surface area contributed by atoms with E-state index in [9.17, 15) is 9.90 Å². The van der Waals surface area contributed by atoms with Crippen LogP contribution in [0.15, 0.2) is 0 Å². The van der Waals surface area contributed by atoms with E-state index in [1.54, 1.807) is 0 Å². The van der Waals surface area contributed by atoms with Crippen molar-refractivity contribution >= 4 is 6.09 Å². The fraction of sp³-hybridized carbons (Fsp3) is 0.929. The minimum atomic E-state index is -0.459. The molecule has 0 rings (SSSR count). The number of hydrogen-bond donors (Lipinski definition) is 3. The van der Waals surface area contributed by atoms with Crippen LogP contribution in [-0.2, 0) is 4.74 Å². The Morgan fingerprint density at radius 1 is 1.21 bits per heavy atom. The molecule has 5 heteroatoms. The van der Waals surface area contributed by atoms with Crippen LogP contribution in [0.25, 0.3) is 0 Å². The number of ether oxygens (including phenoxy) is 1. The standard InChI is InChI=1S/C14H30N2O3/c1-6-8-14(5,11-17)16-10-7-9-15-12(18)19-13(2,3)4/h16-17H,6-11H2,1-5H3,(H,15,18)/t14-/m1/s1. The van der Waals surface area contributed by atoms with Crippen LogP contribution in [0.2, 0.25) is 0 Å². The highest BCUT2D eigenvalue weighted by molar-refractivity contribution is 5.67. The van der Waals surface area contributed by atoms with Gasteiger partial charge < -0.3 is 20.5 Å². The molecule has 0 aromatic heterocycles. The fourth-order valence-electron chi connectivity index (χ4n) is 1.76. The van der Waals surface area contributed by atoms with Gasteiger partial charge in [-0.1, -0.05) is 13.3 Å². The summed E-state index contributed by atoms with van der Waals surface area (Å²) in [6, 6.07) is 0. The molecule has 114 valence electrons. The lowest BCUT2D eigenvalue weighted by Gasteiger charge is -2.28. The average molecular weight is 274 g/mol. The molecule has 0 bridgehead atoms. The topological polar surface area (TPSA) is 70.6 Å². The second-order valence-electron chi connectivity index (χ2n) is 6.18. The van der Waals surface area contributed by atoms with Crippen molar-refractivity contribution in [3.63, 3.8) is 0 Å². The molecule has 0 aliphatic carbocycles. The third-order valence-electron chi connectivity index (χ3n) is 2.72. The van der Waals surface area contributed by atoms with Crippen molar-refractivity contribution in [2.75, 3.05) is 19.7 Å². The molecule has 0 aliphatic rings. The summed E-state index contributed by atoms with van der Waals surface area (Å²) in [6.07, 6.45) is 2.38. The van der Waals surface area contributed by atoms with Crippen LogP contribution in [0, 0.1) is 0 Å². The molecule has 5 nitrogen and oxygen atoms in total. The van der Waals surface area contributed by atoms with Crippen molar-refractivity contribution < 1.29 is 14.6 Å². The lowest BCUT2D eigenvalue weighted by atomic mass is 9.97. The first-order valence-corrected chi connectivity index (χ1v) is 7.05. The quantitative estimate of drug-likeness (QED) is 0.592. The van der Waals surface area contributed by atoms with E-state index < -0.39 is 5.60 Å². The summed E-state index contributed by atoms with van der Waals surface area (Å²) in [5.41, 5.74) is -0.681. The van der Waals surface area contributed by atoms with Crippen molar-refractivity contribution in [1.29, 1.82) is 0 Å². The van der Waals surface area contributed by atoms with Gasteiger partial charge in [0.2, 0.25) is 0 Å². The Balaban J connectivity index is 3.73. The molecule has 0 radical (unpaired) electrons. The van der Waals surface area contributed by atoms with Gasteiger partial charge in [0.05, 0.1) is 6.61 Å². The van der Waals surface area contributed by atoms with Gasteiger partial charge in [-0.2, -0.15) is 0 Å². The maximum absolute atomic E-state index is 11.4. The lowest BCUT2D eigenvalue weighted by molar-refractivity contribution is 0.0526. The highest BCUT2D eigenvalue weighted by Crippen LogP contribution is 2.10. The van der Waals surface area contributed by atoms with E-state index in [2.05, 4.69) is 17.6 Å². The van der Waals surface area contributed by atoms with Crippen LogP contribution in [0.3, 0.4) is 0 Å². The molecule has 0 fully saturated rings. The van der Waals surface area contributed by atoms with Crippen LogP contribution in [-0.4, -0.2) is 42.0 Å². The molecule has 0 aliphatic heterocycles. The Bertz CT molecular complexity index is 264. The molecule has 1 atom stereocenters. The number of hydrogen-bond acceptors (Lipinski definition) is 4. The van der Waals surface area contributed by atoms with E-state index in [-0.39, 0.29) is 18.2 Å². The largest absolute Gasteiger partial charge is 0.444 e. The van der Waals surface area contributed by atoms with Gasteiger partial charge in [-0.3, -0.25) is 0 Å². The fourth-order valence-corrected chi connectivity index (χ4v) is 1.76. The minimum Gasteiger partial charge on any atom is -0.444 e. The molecule has 0 saturated heterocycles. The second-order valence-corrected chi connectivity index (χ2v) is 6.18. The van der Waals surface area contributed by atoms with Crippen LogP contribution in [0.1, 0.15) is 53.9 Å². The Labute approximate surface area is 117 Å². The zero-order valence-electron chi connectivity index (χ0n) is 13.0. The van der Waals surface area contributed by atoms with Crippen molar-refractivity contribution in [3.8, 4) is 0 Å². The van der Waals surface area contributed by atoms with Crippen LogP contribution in [0.5, 0.6) is 0 Å². The average Bonchev–Trinajstić information content (AvgIpc) is 2.26. The summed E-state index contributed by atoms with van der Waals surface area (Å²) in [7, 11) is 0. The normalized spacial score (nSPS) is 14.8. The van der Waals surface area contributed by atoms with E-state index in [4.69, 9.17) is 4.74 Å². The van der Waals surface area contributed by atoms with Gasteiger partial charge in [-0.25, -0.2) is 4.79 Å². The predicted molar refractivity (Wildman–Crippen MR) is 77.3 cm³/mol. The number of amides is 1. The molecule has 0 spiro atoms. The number of aliphatic hydroxyl groups excluding tert-OH is 1. The van der Waals surface area contributed by atoms with E-state index in [0.717, 1.165) is 25.8 Å². The first-order chi connectivity index (χ1) is 8.72. The summed E-state index contributed by atoms with van der Waals surface area (Å²) >= 11 is 0. The summed E-state index contributed by atoms with van der Waals surface area (Å²) in [5, 5.41) is 15.4. The number of carbonyl (C=O) groups excluding carboxylic acids is 1. The third kappa shape index (κ3) is 9.73. The zero-order chi connectivity index (χ0) is 14.9. The number of aliphatic hydroxyl groups is 1. The van der Waals surface area contributed by atoms with Gasteiger partial charge in [0, 0.05) is 12.1 Å². The Morgan fingerprint density at radius 2 is 1.84 bits per heavy atom. The monoisotopic (exact) mass is 274 g/mol. The molecular weight excluding hydrogens is 244 g/mol. The van der Waals surface area contributed by atoms with Crippen LogP contribution < -0.4 is 10.6 Å². The molecule has 19 heavy (non-hydrogen) atoms. The van der Waals surface area contributed by atoms with Crippen molar-refractivity contribution in [2.24, 2.45) is 0 Å². The van der Waals surface area contributed by atoms with Crippen molar-refractivity contribution in [1.82, 2.24) is 10.6 Å². The van der Waals surface area contributed by atoms with Gasteiger partial charge in [0.15, 0.2) is 0 Å². The number of alkyl carbamates (subject to hydrolysis) is 1. The Hall–Kier alpha value is -0.810. The molecule has 3 N–H and O–H groups in total. The number of nitrogens with one attached hydrogen (secondary N) is 2. The Morgan fingerprint density at radius 3 is 2.32 bits per heavy atom. The van der Waals surface area contributed by atoms with Gasteiger partial charge in [-0.05, 0) is 47.1 Å². The molecule has 0 saturated carbocycles. The zero-order valence-corrected chi connectivity index (χ0v) is 13.0. The summed E-state index contributed by atoms with van der Waals surface area (Å²) in [6.45, 7) is 11.1. The first kappa shape index (κ1) is 18.2. The maximum atomic E-state index is 11.4. The van der Waals surface area contributed by atoms with E-state index in [1.807, 2.05) is 27.7 Å². The molecule has 0 aromatic carbocycles. The highest BCUT2D eigenvalue weighted by atomic mass is 16.6. The summed E-state index contributed by atoms with van der Waals surface area (Å²) in [4.78, 5) is 11.4. The molecular formula is C14H30N2O3. The van der Waals surface area contributed by atoms with Crippen molar-refractivity contribution in [2.45, 2.75) is 65.0 Å². The van der Waals surface area contributed by atoms with Gasteiger partial charge in [0.1, 0.15) is 5.60 Å². The van der Waals surface area contributed by atoms with E-state index in [1.165, 1.54) is 0 Å². The SMILES string of the molecule is CCC[C@](C)(CO)NCCCNC(=O)OC(C)(C)C. The second kappa shape index (κ2) is 8.38. The Kier molecular flexibility index (Phi) is 8.02. The third-order valence-corrected chi connectivity index (χ3v) is 2.72. The predicted octanol–water partition coefficient (Wildman–Crippen LogP) is 2.04. The molecule has 1 amide bonds. The maximum Gasteiger partial charge on any atom is 0.407 e. The summed E-state index contributed by atoms with van der Waals surface area (Å²) < 4.78 is 5.13. The highest BCUT2D eigenvalue weighted by Gasteiger charge is 2.20. The van der Waals surface area contributed by atoms with Crippen molar-refractivity contribution in [3.05, 3.63) is 0 Å². The van der Waals surface area contributed by atoms with E-state index in [0.29, 0.717) is 6.54 Å². The van der Waals surface area contributed by atoms with Crippen LogP contribution >= 0.6 is 0 Å². The van der Waals surface area contributed by atoms with Gasteiger partial charge in [0.25, 0.3) is 0 Å². The molecule has 0 unspecified atom stereocenters. The smallest absolute Gasteiger partial charge is 0.407 e. The van der Waals surface area contributed by atoms with Crippen LogP contribution in [0.4, 0.5) is 4.79 Å². The van der Waals surface area contributed by atoms with E-state index >= 15 is 0 Å². The minimum absolute atomic E-state index is 0.125. The lowest BCUT2D eigenvalue weighted by Crippen LogP contribution is -2.46. The molecule has 0 heterocycles. The molecule has 0 aromatic rings. The first-order valence-electron chi connectivity index (χ1n) is 7.05. The number of carbonyl (C=O) groups is 1. The summed E-state index contributed by atoms with van der Waals surface area (Å²) in [5.74, 6) is 0. The van der Waals surface area contributed by atoms with Gasteiger partial charge >= 0.3 is 6.09 Å².